The Labute approximate surface area is 162 Å². The van der Waals surface area contributed by atoms with Crippen molar-refractivity contribution in [3.8, 4) is 11.5 Å². The van der Waals surface area contributed by atoms with Crippen LogP contribution in [0.1, 0.15) is 18.4 Å². The van der Waals surface area contributed by atoms with Crippen molar-refractivity contribution in [2.24, 2.45) is 5.92 Å². The number of nitro benzene ring substituents is 1. The first-order chi connectivity index (χ1) is 13.5. The van der Waals surface area contributed by atoms with Crippen LogP contribution in [0.5, 0.6) is 11.5 Å². The molecule has 4 rings (SSSR count). The molecule has 146 valence electrons. The van der Waals surface area contributed by atoms with E-state index in [9.17, 15) is 14.9 Å². The highest BCUT2D eigenvalue weighted by Crippen LogP contribution is 2.34. The number of carbonyl (C=O) groups is 1. The molecule has 0 bridgehead atoms. The summed E-state index contributed by atoms with van der Waals surface area (Å²) >= 11 is 0. The van der Waals surface area contributed by atoms with E-state index >= 15 is 0 Å². The van der Waals surface area contributed by atoms with E-state index in [1.807, 2.05) is 6.07 Å². The summed E-state index contributed by atoms with van der Waals surface area (Å²) in [5, 5.41) is 13.9. The number of nitrogens with zero attached hydrogens (tertiary/aromatic N) is 2. The summed E-state index contributed by atoms with van der Waals surface area (Å²) in [4.78, 5) is 25.4. The molecule has 0 aliphatic carbocycles. The number of benzene rings is 2. The number of nitro groups is 1. The molecular weight excluding hydrogens is 362 g/mol. The molecule has 1 amide bonds. The molecule has 8 heteroatoms. The lowest BCUT2D eigenvalue weighted by Crippen LogP contribution is -2.38. The number of rotatable bonds is 4. The zero-order valence-electron chi connectivity index (χ0n) is 15.5. The first-order valence-corrected chi connectivity index (χ1v) is 9.22. The van der Waals surface area contributed by atoms with Crippen LogP contribution in [0.3, 0.4) is 0 Å². The Kier molecular flexibility index (Phi) is 4.77. The Hall–Kier alpha value is -3.29. The zero-order chi connectivity index (χ0) is 19.7. The predicted octanol–water partition coefficient (Wildman–Crippen LogP) is 3.49. The maximum atomic E-state index is 12.6. The number of nitrogens with one attached hydrogen (secondary N) is 1. The molecule has 8 nitrogen and oxygen atoms in total. The minimum atomic E-state index is -0.369. The number of hydrogen-bond acceptors (Lipinski definition) is 6. The highest BCUT2D eigenvalue weighted by atomic mass is 16.7. The van der Waals surface area contributed by atoms with Crippen molar-refractivity contribution in [1.29, 1.82) is 0 Å². The minimum absolute atomic E-state index is 0.00149. The molecule has 0 unspecified atom stereocenters. The Morgan fingerprint density at radius 2 is 1.89 bits per heavy atom. The third-order valence-corrected chi connectivity index (χ3v) is 5.25. The van der Waals surface area contributed by atoms with E-state index in [1.54, 1.807) is 37.3 Å². The quantitative estimate of drug-likeness (QED) is 0.642. The van der Waals surface area contributed by atoms with E-state index < -0.39 is 0 Å². The maximum absolute atomic E-state index is 12.6. The van der Waals surface area contributed by atoms with E-state index in [-0.39, 0.29) is 29.2 Å². The summed E-state index contributed by atoms with van der Waals surface area (Å²) in [6.45, 7) is 3.41. The molecule has 0 atom stereocenters. The second-order valence-electron chi connectivity index (χ2n) is 7.05. The van der Waals surface area contributed by atoms with Gasteiger partial charge in [0.25, 0.3) is 5.69 Å². The number of aryl methyl sites for hydroxylation is 1. The standard InChI is InChI=1S/C20H21N3O5/c1-13-10-16(3-4-17(13)23(25)26)22-8-6-14(7-9-22)20(24)21-15-2-5-18-19(11-15)28-12-27-18/h2-5,10-11,14H,6-9,12H2,1H3,(H,21,24). The molecule has 28 heavy (non-hydrogen) atoms. The Bertz CT molecular complexity index is 922. The topological polar surface area (TPSA) is 93.9 Å². The van der Waals surface area contributed by atoms with Crippen molar-refractivity contribution in [2.75, 3.05) is 30.1 Å². The molecule has 0 saturated carbocycles. The lowest BCUT2D eigenvalue weighted by Gasteiger charge is -2.33. The molecule has 0 radical (unpaired) electrons. The number of fused-ring (bicyclic) bond motifs is 1. The van der Waals surface area contributed by atoms with E-state index in [0.717, 1.165) is 31.6 Å². The van der Waals surface area contributed by atoms with Crippen LogP contribution in [0.25, 0.3) is 0 Å². The van der Waals surface area contributed by atoms with Gasteiger partial charge in [-0.1, -0.05) is 0 Å². The van der Waals surface area contributed by atoms with Gasteiger partial charge in [0, 0.05) is 48.1 Å². The van der Waals surface area contributed by atoms with Gasteiger partial charge in [-0.2, -0.15) is 0 Å². The molecular formula is C20H21N3O5. The van der Waals surface area contributed by atoms with E-state index in [2.05, 4.69) is 10.2 Å². The molecule has 1 N–H and O–H groups in total. The van der Waals surface area contributed by atoms with E-state index in [4.69, 9.17) is 9.47 Å². The average molecular weight is 383 g/mol. The second-order valence-corrected chi connectivity index (χ2v) is 7.05. The van der Waals surface area contributed by atoms with Crippen molar-refractivity contribution >= 4 is 23.0 Å². The van der Waals surface area contributed by atoms with Gasteiger partial charge in [-0.25, -0.2) is 0 Å². The fourth-order valence-corrected chi connectivity index (χ4v) is 3.66. The number of amides is 1. The molecule has 2 aliphatic heterocycles. The number of ether oxygens (including phenoxy) is 2. The average Bonchev–Trinajstić information content (AvgIpc) is 3.15. The molecule has 2 aromatic rings. The lowest BCUT2D eigenvalue weighted by molar-refractivity contribution is -0.385. The van der Waals surface area contributed by atoms with Gasteiger partial charge in [-0.3, -0.25) is 14.9 Å². The number of piperidine rings is 1. The van der Waals surface area contributed by atoms with Gasteiger partial charge in [-0.05, 0) is 44.0 Å². The summed E-state index contributed by atoms with van der Waals surface area (Å²) in [6.07, 6.45) is 1.46. The molecule has 1 fully saturated rings. The molecule has 0 spiro atoms. The van der Waals surface area contributed by atoms with Crippen molar-refractivity contribution < 1.29 is 19.2 Å². The second kappa shape index (κ2) is 7.38. The monoisotopic (exact) mass is 383 g/mol. The van der Waals surface area contributed by atoms with Crippen molar-refractivity contribution in [1.82, 2.24) is 0 Å². The van der Waals surface area contributed by atoms with E-state index in [1.165, 1.54) is 0 Å². The number of carbonyl (C=O) groups excluding carboxylic acids is 1. The van der Waals surface area contributed by atoms with Crippen LogP contribution < -0.4 is 19.7 Å². The van der Waals surface area contributed by atoms with Gasteiger partial charge in [-0.15, -0.1) is 0 Å². The highest BCUT2D eigenvalue weighted by molar-refractivity contribution is 5.93. The molecule has 0 aromatic heterocycles. The number of anilines is 2. The lowest BCUT2D eigenvalue weighted by atomic mass is 9.95. The SMILES string of the molecule is Cc1cc(N2CCC(C(=O)Nc3ccc4c(c3)OCO4)CC2)ccc1[N+](=O)[O-]. The summed E-state index contributed by atoms with van der Waals surface area (Å²) < 4.78 is 10.6. The van der Waals surface area contributed by atoms with Gasteiger partial charge in [0.1, 0.15) is 0 Å². The van der Waals surface area contributed by atoms with Crippen LogP contribution in [0, 0.1) is 23.0 Å². The minimum Gasteiger partial charge on any atom is -0.454 e. The molecule has 2 heterocycles. The van der Waals surface area contributed by atoms with E-state index in [0.29, 0.717) is 22.7 Å². The van der Waals surface area contributed by atoms with Gasteiger partial charge in [0.2, 0.25) is 12.7 Å². The molecule has 2 aromatic carbocycles. The first-order valence-electron chi connectivity index (χ1n) is 9.22. The van der Waals surface area contributed by atoms with Gasteiger partial charge < -0.3 is 19.7 Å². The normalized spacial score (nSPS) is 16.1. The van der Waals surface area contributed by atoms with Crippen molar-refractivity contribution in [3.05, 3.63) is 52.1 Å². The van der Waals surface area contributed by atoms with Crippen LogP contribution in [-0.4, -0.2) is 30.7 Å². The van der Waals surface area contributed by atoms with Gasteiger partial charge in [0.15, 0.2) is 11.5 Å². The Morgan fingerprint density at radius 1 is 1.14 bits per heavy atom. The highest BCUT2D eigenvalue weighted by Gasteiger charge is 2.26. The van der Waals surface area contributed by atoms with Gasteiger partial charge >= 0.3 is 0 Å². The maximum Gasteiger partial charge on any atom is 0.272 e. The Balaban J connectivity index is 1.35. The van der Waals surface area contributed by atoms with Crippen LogP contribution >= 0.6 is 0 Å². The largest absolute Gasteiger partial charge is 0.454 e. The Morgan fingerprint density at radius 3 is 2.61 bits per heavy atom. The first kappa shape index (κ1) is 18.1. The third-order valence-electron chi connectivity index (χ3n) is 5.25. The predicted molar refractivity (Wildman–Crippen MR) is 104 cm³/mol. The zero-order valence-corrected chi connectivity index (χ0v) is 15.5. The van der Waals surface area contributed by atoms with Crippen molar-refractivity contribution in [2.45, 2.75) is 19.8 Å². The van der Waals surface area contributed by atoms with Crippen molar-refractivity contribution in [3.63, 3.8) is 0 Å². The summed E-state index contributed by atoms with van der Waals surface area (Å²) in [5.74, 6) is 1.25. The summed E-state index contributed by atoms with van der Waals surface area (Å²) in [5.41, 5.74) is 2.42. The van der Waals surface area contributed by atoms with Crippen LogP contribution in [0.15, 0.2) is 36.4 Å². The van der Waals surface area contributed by atoms with Crippen LogP contribution in [-0.2, 0) is 4.79 Å². The fraction of sp³-hybridized carbons (Fsp3) is 0.350. The smallest absolute Gasteiger partial charge is 0.272 e. The molecule has 2 aliphatic rings. The summed E-state index contributed by atoms with van der Waals surface area (Å²) in [7, 11) is 0. The summed E-state index contributed by atoms with van der Waals surface area (Å²) in [6, 6.07) is 10.5. The number of hydrogen-bond donors (Lipinski definition) is 1. The molecule has 1 saturated heterocycles. The van der Waals surface area contributed by atoms with Gasteiger partial charge in [0.05, 0.1) is 4.92 Å². The van der Waals surface area contributed by atoms with Crippen LogP contribution in [0.2, 0.25) is 0 Å². The fourth-order valence-electron chi connectivity index (χ4n) is 3.66. The third kappa shape index (κ3) is 3.58. The van der Waals surface area contributed by atoms with Crippen LogP contribution in [0.4, 0.5) is 17.1 Å².